The van der Waals surface area contributed by atoms with E-state index in [1.165, 1.54) is 29.5 Å². The second-order valence-corrected chi connectivity index (χ2v) is 6.76. The van der Waals surface area contributed by atoms with Gasteiger partial charge < -0.3 is 0 Å². The molecule has 0 amide bonds. The molecule has 1 aromatic heterocycles. The maximum absolute atomic E-state index is 13.0. The van der Waals surface area contributed by atoms with Crippen LogP contribution in [0.3, 0.4) is 0 Å². The van der Waals surface area contributed by atoms with Gasteiger partial charge in [0, 0.05) is 18.5 Å². The van der Waals surface area contributed by atoms with E-state index < -0.39 is 0 Å². The molecule has 1 aromatic carbocycles. The van der Waals surface area contributed by atoms with Crippen LogP contribution in [0.15, 0.2) is 28.7 Å². The lowest BCUT2D eigenvalue weighted by Gasteiger charge is -2.02. The number of thiophene rings is 1. The highest BCUT2D eigenvalue weighted by atomic mass is 127. The Labute approximate surface area is 124 Å². The van der Waals surface area contributed by atoms with Gasteiger partial charge in [0.25, 0.3) is 0 Å². The van der Waals surface area contributed by atoms with E-state index in [9.17, 15) is 9.18 Å². The van der Waals surface area contributed by atoms with Crippen LogP contribution in [0.1, 0.15) is 20.1 Å². The number of carbonyl (C=O) groups is 1. The minimum absolute atomic E-state index is 0.0700. The van der Waals surface area contributed by atoms with Crippen molar-refractivity contribution >= 4 is 55.6 Å². The van der Waals surface area contributed by atoms with Gasteiger partial charge in [0.05, 0.1) is 4.88 Å². The topological polar surface area (TPSA) is 17.1 Å². The van der Waals surface area contributed by atoms with Gasteiger partial charge >= 0.3 is 0 Å². The lowest BCUT2D eigenvalue weighted by molar-refractivity contribution is 0.104. The number of ketones is 1. The summed E-state index contributed by atoms with van der Waals surface area (Å²) in [6.45, 7) is 1.95. The molecule has 5 heteroatoms. The first kappa shape index (κ1) is 13.2. The van der Waals surface area contributed by atoms with Crippen molar-refractivity contribution in [3.05, 3.63) is 53.4 Å². The molecular formula is C12H7BrFIOS. The van der Waals surface area contributed by atoms with Crippen LogP contribution in [0.5, 0.6) is 0 Å². The minimum atomic E-state index is -0.327. The zero-order valence-electron chi connectivity index (χ0n) is 8.76. The molecule has 1 heterocycles. The molecule has 2 rings (SSSR count). The van der Waals surface area contributed by atoms with Crippen LogP contribution in [0.25, 0.3) is 0 Å². The number of hydrogen-bond donors (Lipinski definition) is 0. The molecule has 0 aliphatic carbocycles. The van der Waals surface area contributed by atoms with E-state index in [0.717, 1.165) is 9.35 Å². The van der Waals surface area contributed by atoms with Crippen molar-refractivity contribution in [2.24, 2.45) is 0 Å². The first-order valence-corrected chi connectivity index (χ1v) is 7.43. The van der Waals surface area contributed by atoms with Crippen LogP contribution in [0, 0.1) is 16.3 Å². The Morgan fingerprint density at radius 3 is 2.65 bits per heavy atom. The summed E-state index contributed by atoms with van der Waals surface area (Å²) in [6.07, 6.45) is 0. The number of aryl methyl sites for hydroxylation is 1. The van der Waals surface area contributed by atoms with E-state index in [1.54, 1.807) is 0 Å². The summed E-state index contributed by atoms with van der Waals surface area (Å²) in [6, 6.07) is 6.11. The van der Waals surface area contributed by atoms with Crippen LogP contribution in [0.4, 0.5) is 4.39 Å². The normalized spacial score (nSPS) is 10.6. The molecule has 0 spiro atoms. The van der Waals surface area contributed by atoms with E-state index in [0.29, 0.717) is 14.0 Å². The van der Waals surface area contributed by atoms with Crippen molar-refractivity contribution in [3.8, 4) is 0 Å². The summed E-state index contributed by atoms with van der Waals surface area (Å²) in [4.78, 5) is 14.0. The Bertz CT molecular complexity index is 594. The molecule has 1 nitrogen and oxygen atoms in total. The smallest absolute Gasteiger partial charge is 0.205 e. The molecule has 0 N–H and O–H groups in total. The zero-order valence-corrected chi connectivity index (χ0v) is 13.3. The summed E-state index contributed by atoms with van der Waals surface area (Å²) in [7, 11) is 0. The number of rotatable bonds is 2. The van der Waals surface area contributed by atoms with Gasteiger partial charge in [-0.2, -0.15) is 0 Å². The van der Waals surface area contributed by atoms with Crippen molar-refractivity contribution in [1.82, 2.24) is 0 Å². The summed E-state index contributed by atoms with van der Waals surface area (Å²) in [5.41, 5.74) is 0.537. The van der Waals surface area contributed by atoms with Crippen molar-refractivity contribution in [3.63, 3.8) is 0 Å². The Hall–Kier alpha value is -0.270. The predicted octanol–water partition coefficient (Wildman–Crippen LogP) is 4.79. The van der Waals surface area contributed by atoms with Gasteiger partial charge in [0.1, 0.15) is 5.82 Å². The van der Waals surface area contributed by atoms with Crippen LogP contribution in [-0.2, 0) is 0 Å². The lowest BCUT2D eigenvalue weighted by atomic mass is 10.1. The SMILES string of the molecule is Cc1cc(Br)c(C(=O)c2ccc(F)cc2I)s1. The fourth-order valence-corrected chi connectivity index (χ4v) is 3.93. The van der Waals surface area contributed by atoms with Crippen LogP contribution >= 0.6 is 49.9 Å². The van der Waals surface area contributed by atoms with Crippen molar-refractivity contribution in [1.29, 1.82) is 0 Å². The Morgan fingerprint density at radius 1 is 1.41 bits per heavy atom. The third-order valence-corrected chi connectivity index (χ3v) is 5.02. The Morgan fingerprint density at radius 2 is 2.12 bits per heavy atom. The zero-order chi connectivity index (χ0) is 12.6. The quantitative estimate of drug-likeness (QED) is 0.500. The van der Waals surface area contributed by atoms with Crippen LogP contribution in [0.2, 0.25) is 0 Å². The van der Waals surface area contributed by atoms with Crippen molar-refractivity contribution < 1.29 is 9.18 Å². The first-order chi connectivity index (χ1) is 7.99. The third-order valence-electron chi connectivity index (χ3n) is 2.19. The van der Waals surface area contributed by atoms with E-state index in [-0.39, 0.29) is 11.6 Å². The monoisotopic (exact) mass is 424 g/mol. The average molecular weight is 425 g/mol. The maximum atomic E-state index is 13.0. The minimum Gasteiger partial charge on any atom is -0.288 e. The van der Waals surface area contributed by atoms with Gasteiger partial charge in [-0.3, -0.25) is 4.79 Å². The molecular weight excluding hydrogens is 418 g/mol. The fourth-order valence-electron chi connectivity index (χ4n) is 1.43. The summed E-state index contributed by atoms with van der Waals surface area (Å²) >= 11 is 6.78. The molecule has 0 unspecified atom stereocenters. The highest BCUT2D eigenvalue weighted by molar-refractivity contribution is 14.1. The number of benzene rings is 1. The second kappa shape index (κ2) is 5.16. The molecule has 88 valence electrons. The highest BCUT2D eigenvalue weighted by Gasteiger charge is 2.18. The van der Waals surface area contributed by atoms with Crippen LogP contribution in [-0.4, -0.2) is 5.78 Å². The Balaban J connectivity index is 2.47. The molecule has 0 saturated carbocycles. The lowest BCUT2D eigenvalue weighted by Crippen LogP contribution is -2.02. The van der Waals surface area contributed by atoms with Gasteiger partial charge in [-0.25, -0.2) is 4.39 Å². The molecule has 0 aliphatic rings. The van der Waals surface area contributed by atoms with Gasteiger partial charge in [-0.1, -0.05) is 0 Å². The van der Waals surface area contributed by atoms with E-state index in [4.69, 9.17) is 0 Å². The molecule has 0 aliphatic heterocycles. The number of carbonyl (C=O) groups excluding carboxylic acids is 1. The molecule has 0 fully saturated rings. The fraction of sp³-hybridized carbons (Fsp3) is 0.0833. The summed E-state index contributed by atoms with van der Waals surface area (Å²) in [5.74, 6) is -0.397. The van der Waals surface area contributed by atoms with Gasteiger partial charge in [0.15, 0.2) is 0 Å². The van der Waals surface area contributed by atoms with E-state index in [1.807, 2.05) is 35.6 Å². The number of halogens is 3. The average Bonchev–Trinajstić information content (AvgIpc) is 2.57. The summed E-state index contributed by atoms with van der Waals surface area (Å²) < 4.78 is 14.4. The molecule has 0 atom stereocenters. The highest BCUT2D eigenvalue weighted by Crippen LogP contribution is 2.30. The molecule has 17 heavy (non-hydrogen) atoms. The van der Waals surface area contributed by atoms with Gasteiger partial charge in [-0.05, 0) is 69.7 Å². The van der Waals surface area contributed by atoms with Crippen molar-refractivity contribution in [2.45, 2.75) is 6.92 Å². The predicted molar refractivity (Wildman–Crippen MR) is 79.3 cm³/mol. The molecule has 0 saturated heterocycles. The van der Waals surface area contributed by atoms with E-state index in [2.05, 4.69) is 15.9 Å². The van der Waals surface area contributed by atoms with Gasteiger partial charge in [0.2, 0.25) is 5.78 Å². The molecule has 0 radical (unpaired) electrons. The molecule has 2 aromatic rings. The third kappa shape index (κ3) is 2.77. The molecule has 0 bridgehead atoms. The van der Waals surface area contributed by atoms with Gasteiger partial charge in [-0.15, -0.1) is 11.3 Å². The second-order valence-electron chi connectivity index (χ2n) is 3.49. The first-order valence-electron chi connectivity index (χ1n) is 4.74. The summed E-state index contributed by atoms with van der Waals surface area (Å²) in [5, 5.41) is 0. The largest absolute Gasteiger partial charge is 0.288 e. The number of hydrogen-bond acceptors (Lipinski definition) is 2. The standard InChI is InChI=1S/C12H7BrFIOS/c1-6-4-9(13)12(17-6)11(16)8-3-2-7(14)5-10(8)15/h2-5H,1H3. The van der Waals surface area contributed by atoms with Crippen LogP contribution < -0.4 is 0 Å². The maximum Gasteiger partial charge on any atom is 0.205 e. The Kier molecular flexibility index (Phi) is 3.99. The van der Waals surface area contributed by atoms with E-state index >= 15 is 0 Å². The van der Waals surface area contributed by atoms with Crippen molar-refractivity contribution in [2.75, 3.05) is 0 Å².